The summed E-state index contributed by atoms with van der Waals surface area (Å²) in [6.07, 6.45) is 2.18. The molecular formula is C26H23N3O. The Hall–Kier alpha value is -3.66. The normalized spacial score (nSPS) is 11.3. The van der Waals surface area contributed by atoms with Crippen LogP contribution < -0.4 is 4.74 Å². The van der Waals surface area contributed by atoms with Crippen LogP contribution in [0.1, 0.15) is 18.1 Å². The van der Waals surface area contributed by atoms with Crippen molar-refractivity contribution in [2.75, 3.05) is 6.61 Å². The number of aromatic nitrogens is 3. The van der Waals surface area contributed by atoms with Gasteiger partial charge in [0.15, 0.2) is 0 Å². The van der Waals surface area contributed by atoms with Crippen LogP contribution in [0.4, 0.5) is 0 Å². The van der Waals surface area contributed by atoms with E-state index in [0.717, 1.165) is 45.7 Å². The summed E-state index contributed by atoms with van der Waals surface area (Å²) in [5.74, 6) is 0.851. The highest BCUT2D eigenvalue weighted by atomic mass is 16.5. The summed E-state index contributed by atoms with van der Waals surface area (Å²) in [5, 5.41) is 10.2. The zero-order valence-electron chi connectivity index (χ0n) is 17.2. The predicted octanol–water partition coefficient (Wildman–Crippen LogP) is 5.96. The number of rotatable bonds is 5. The van der Waals surface area contributed by atoms with Gasteiger partial charge in [-0.15, -0.1) is 10.2 Å². The molecule has 4 heteroatoms. The van der Waals surface area contributed by atoms with E-state index < -0.39 is 0 Å². The fourth-order valence-electron chi connectivity index (χ4n) is 4.03. The van der Waals surface area contributed by atoms with Gasteiger partial charge in [0, 0.05) is 29.3 Å². The largest absolute Gasteiger partial charge is 0.494 e. The molecule has 5 rings (SSSR count). The van der Waals surface area contributed by atoms with E-state index >= 15 is 0 Å². The first-order valence-electron chi connectivity index (χ1n) is 10.3. The van der Waals surface area contributed by atoms with E-state index in [1.807, 2.05) is 31.2 Å². The third-order valence-corrected chi connectivity index (χ3v) is 5.37. The Morgan fingerprint density at radius 3 is 2.50 bits per heavy atom. The van der Waals surface area contributed by atoms with Gasteiger partial charge in [-0.1, -0.05) is 60.2 Å². The minimum absolute atomic E-state index is 0.632. The van der Waals surface area contributed by atoms with Crippen LogP contribution in [0.2, 0.25) is 0 Å². The van der Waals surface area contributed by atoms with E-state index in [9.17, 15) is 0 Å². The van der Waals surface area contributed by atoms with E-state index in [4.69, 9.17) is 4.74 Å². The smallest absolute Gasteiger partial charge is 0.120 e. The number of ether oxygens (including phenoxy) is 1. The third-order valence-electron chi connectivity index (χ3n) is 5.37. The second kappa shape index (κ2) is 7.64. The van der Waals surface area contributed by atoms with E-state index in [0.29, 0.717) is 6.61 Å². The lowest BCUT2D eigenvalue weighted by Crippen LogP contribution is -2.04. The van der Waals surface area contributed by atoms with Gasteiger partial charge in [0.1, 0.15) is 17.1 Å². The molecule has 2 aliphatic heterocycles. The minimum atomic E-state index is 0.632. The van der Waals surface area contributed by atoms with Crippen LogP contribution in [-0.4, -0.2) is 21.4 Å². The fraction of sp³-hybridized carbons (Fsp3) is 0.154. The molecule has 3 aromatic carbocycles. The van der Waals surface area contributed by atoms with Crippen molar-refractivity contribution in [3.63, 3.8) is 0 Å². The Kier molecular flexibility index (Phi) is 4.68. The lowest BCUT2D eigenvalue weighted by atomic mass is 10.0. The first-order valence-corrected chi connectivity index (χ1v) is 10.3. The van der Waals surface area contributed by atoms with Gasteiger partial charge < -0.3 is 9.30 Å². The molecule has 0 aromatic heterocycles. The molecule has 4 nitrogen and oxygen atoms in total. The van der Waals surface area contributed by atoms with Crippen molar-refractivity contribution in [2.24, 2.45) is 0 Å². The SMILES string of the molecule is CCOc1ccc2c(c1)c1nnc(-c3ccccc3)c-1cn2Cc1cccc(C)c1. The van der Waals surface area contributed by atoms with E-state index in [1.54, 1.807) is 0 Å². The summed E-state index contributed by atoms with van der Waals surface area (Å²) in [6, 6.07) is 25.1. The summed E-state index contributed by atoms with van der Waals surface area (Å²) >= 11 is 0. The van der Waals surface area contributed by atoms with Gasteiger partial charge in [-0.2, -0.15) is 0 Å². The van der Waals surface area contributed by atoms with Crippen molar-refractivity contribution >= 4 is 10.9 Å². The summed E-state index contributed by atoms with van der Waals surface area (Å²) < 4.78 is 8.06. The molecule has 0 N–H and O–H groups in total. The van der Waals surface area contributed by atoms with E-state index in [1.165, 1.54) is 11.1 Å². The maximum absolute atomic E-state index is 5.77. The van der Waals surface area contributed by atoms with Crippen molar-refractivity contribution in [3.8, 4) is 28.3 Å². The zero-order chi connectivity index (χ0) is 20.5. The van der Waals surface area contributed by atoms with Gasteiger partial charge in [-0.25, -0.2) is 0 Å². The Morgan fingerprint density at radius 2 is 1.70 bits per heavy atom. The van der Waals surface area contributed by atoms with Crippen molar-refractivity contribution in [3.05, 3.63) is 90.1 Å². The first-order chi connectivity index (χ1) is 14.7. The number of hydrogen-bond donors (Lipinski definition) is 0. The van der Waals surface area contributed by atoms with Gasteiger partial charge in [-0.3, -0.25) is 0 Å². The van der Waals surface area contributed by atoms with E-state index in [-0.39, 0.29) is 0 Å². The van der Waals surface area contributed by atoms with Crippen molar-refractivity contribution in [1.29, 1.82) is 0 Å². The molecule has 0 amide bonds. The van der Waals surface area contributed by atoms with Gasteiger partial charge in [-0.05, 0) is 37.6 Å². The lowest BCUT2D eigenvalue weighted by Gasteiger charge is -2.16. The number of fused-ring (bicyclic) bond motifs is 3. The molecular weight excluding hydrogens is 370 g/mol. The van der Waals surface area contributed by atoms with Gasteiger partial charge >= 0.3 is 0 Å². The summed E-state index contributed by atoms with van der Waals surface area (Å²) in [5.41, 5.74) is 7.59. The maximum Gasteiger partial charge on any atom is 0.120 e. The molecule has 30 heavy (non-hydrogen) atoms. The molecule has 3 aromatic rings. The van der Waals surface area contributed by atoms with Crippen molar-refractivity contribution in [2.45, 2.75) is 20.4 Å². The van der Waals surface area contributed by atoms with Crippen LogP contribution in [0.15, 0.2) is 79.0 Å². The Morgan fingerprint density at radius 1 is 0.867 bits per heavy atom. The fourth-order valence-corrected chi connectivity index (χ4v) is 4.03. The van der Waals surface area contributed by atoms with Crippen LogP contribution in [0.25, 0.3) is 33.4 Å². The first kappa shape index (κ1) is 18.4. The molecule has 0 unspecified atom stereocenters. The molecule has 2 heterocycles. The topological polar surface area (TPSA) is 39.9 Å². The Bertz CT molecular complexity index is 1290. The quantitative estimate of drug-likeness (QED) is 0.370. The number of pyridine rings is 1. The number of benzene rings is 3. The Balaban J connectivity index is 1.73. The molecule has 0 aliphatic carbocycles. The molecule has 148 valence electrons. The molecule has 0 saturated heterocycles. The summed E-state index contributed by atoms with van der Waals surface area (Å²) in [6.45, 7) is 5.54. The maximum atomic E-state index is 5.77. The van der Waals surface area contributed by atoms with Crippen LogP contribution >= 0.6 is 0 Å². The lowest BCUT2D eigenvalue weighted by molar-refractivity contribution is 0.340. The molecule has 0 bridgehead atoms. The predicted molar refractivity (Wildman–Crippen MR) is 121 cm³/mol. The van der Waals surface area contributed by atoms with Crippen molar-refractivity contribution in [1.82, 2.24) is 14.8 Å². The second-order valence-corrected chi connectivity index (χ2v) is 7.53. The van der Waals surface area contributed by atoms with Crippen LogP contribution in [0.5, 0.6) is 5.75 Å². The molecule has 0 fully saturated rings. The summed E-state index contributed by atoms with van der Waals surface area (Å²) in [4.78, 5) is 0. The van der Waals surface area contributed by atoms with Crippen LogP contribution in [0.3, 0.4) is 0 Å². The monoisotopic (exact) mass is 393 g/mol. The number of nitrogens with zero attached hydrogens (tertiary/aromatic N) is 3. The van der Waals surface area contributed by atoms with Gasteiger partial charge in [0.05, 0.1) is 12.1 Å². The third kappa shape index (κ3) is 3.30. The molecule has 2 aliphatic rings. The summed E-state index contributed by atoms with van der Waals surface area (Å²) in [7, 11) is 0. The molecule has 0 radical (unpaired) electrons. The van der Waals surface area contributed by atoms with Crippen LogP contribution in [0, 0.1) is 6.92 Å². The highest BCUT2D eigenvalue weighted by molar-refractivity contribution is 5.98. The van der Waals surface area contributed by atoms with E-state index in [2.05, 4.69) is 76.4 Å². The molecule has 0 saturated carbocycles. The van der Waals surface area contributed by atoms with Crippen molar-refractivity contribution < 1.29 is 4.74 Å². The van der Waals surface area contributed by atoms with Gasteiger partial charge in [0.2, 0.25) is 0 Å². The number of aryl methyl sites for hydroxylation is 1. The molecule has 0 atom stereocenters. The second-order valence-electron chi connectivity index (χ2n) is 7.53. The highest BCUT2D eigenvalue weighted by Crippen LogP contribution is 2.37. The standard InChI is InChI=1S/C26H23N3O/c1-3-30-21-12-13-24-22(15-21)26-23(25(27-28-26)20-10-5-4-6-11-20)17-29(24)16-19-9-7-8-18(2)14-19/h4-15,17H,3,16H2,1-2H3. The Labute approximate surface area is 176 Å². The molecule has 0 spiro atoms. The van der Waals surface area contributed by atoms with Gasteiger partial charge in [0.25, 0.3) is 0 Å². The highest BCUT2D eigenvalue weighted by Gasteiger charge is 2.20. The van der Waals surface area contributed by atoms with Crippen LogP contribution in [-0.2, 0) is 6.54 Å². The average molecular weight is 393 g/mol. The zero-order valence-corrected chi connectivity index (χ0v) is 17.2. The number of hydrogen-bond acceptors (Lipinski definition) is 3. The average Bonchev–Trinajstić information content (AvgIpc) is 3.19. The minimum Gasteiger partial charge on any atom is -0.494 e.